The number of hydrazone groups is 1. The maximum atomic E-state index is 11.3. The zero-order valence-electron chi connectivity index (χ0n) is 12.6. The monoisotopic (exact) mass is 286 g/mol. The highest BCUT2D eigenvalue weighted by Crippen LogP contribution is 2.24. The van der Waals surface area contributed by atoms with E-state index < -0.39 is 0 Å². The van der Waals surface area contributed by atoms with Crippen molar-refractivity contribution in [3.05, 3.63) is 36.0 Å². The van der Waals surface area contributed by atoms with E-state index in [1.165, 1.54) is 0 Å². The Kier molecular flexibility index (Phi) is 4.37. The van der Waals surface area contributed by atoms with Gasteiger partial charge in [-0.1, -0.05) is 0 Å². The first-order valence-corrected chi connectivity index (χ1v) is 6.44. The lowest BCUT2D eigenvalue weighted by Crippen LogP contribution is -2.11. The number of ether oxygens (including phenoxy) is 1. The average Bonchev–Trinajstić information content (AvgIpc) is 2.86. The molecule has 1 aromatic heterocycles. The second-order valence-electron chi connectivity index (χ2n) is 4.74. The van der Waals surface area contributed by atoms with Crippen molar-refractivity contribution in [2.24, 2.45) is 12.1 Å². The molecule has 0 saturated carbocycles. The molecule has 21 heavy (non-hydrogen) atoms. The van der Waals surface area contributed by atoms with Crippen LogP contribution in [0.5, 0.6) is 5.75 Å². The first kappa shape index (κ1) is 14.8. The molecular weight excluding hydrogens is 268 g/mol. The largest absolute Gasteiger partial charge is 0.497 e. The fourth-order valence-corrected chi connectivity index (χ4v) is 1.99. The van der Waals surface area contributed by atoms with Gasteiger partial charge in [-0.2, -0.15) is 10.2 Å². The number of carbonyl (C=O) groups excluding carboxylic acids is 1. The van der Waals surface area contributed by atoms with Gasteiger partial charge in [-0.3, -0.25) is 9.48 Å². The third-order valence-electron chi connectivity index (χ3n) is 2.89. The average molecular weight is 286 g/mol. The second-order valence-corrected chi connectivity index (χ2v) is 4.74. The highest BCUT2D eigenvalue weighted by molar-refractivity contribution is 6.37. The van der Waals surface area contributed by atoms with Crippen molar-refractivity contribution in [1.82, 2.24) is 14.8 Å². The number of aromatic nitrogens is 2. The number of aldehydes is 1. The molecule has 0 N–H and O–H groups in total. The molecule has 6 nitrogen and oxygen atoms in total. The Hall–Kier alpha value is -2.63. The van der Waals surface area contributed by atoms with Gasteiger partial charge in [0.2, 0.25) is 0 Å². The number of hydrogen-bond donors (Lipinski definition) is 0. The van der Waals surface area contributed by atoms with Gasteiger partial charge in [0, 0.05) is 32.9 Å². The predicted octanol–water partition coefficient (Wildman–Crippen LogP) is 1.56. The Balaban J connectivity index is 2.51. The van der Waals surface area contributed by atoms with Crippen LogP contribution in [0.15, 0.2) is 35.6 Å². The molecule has 2 aromatic rings. The van der Waals surface area contributed by atoms with Crippen molar-refractivity contribution in [3.63, 3.8) is 0 Å². The summed E-state index contributed by atoms with van der Waals surface area (Å²) in [6.07, 6.45) is 2.53. The molecule has 0 saturated heterocycles. The molecule has 1 heterocycles. The number of carbonyl (C=O) groups is 1. The van der Waals surface area contributed by atoms with E-state index in [0.29, 0.717) is 17.0 Å². The molecule has 0 spiro atoms. The second kappa shape index (κ2) is 6.21. The summed E-state index contributed by atoms with van der Waals surface area (Å²) < 4.78 is 6.82. The SMILES string of the molecule is COc1ccc(-c2nn(C)cc2/C(C=O)=N\N(C)C)cc1. The van der Waals surface area contributed by atoms with Crippen LogP contribution in [0.3, 0.4) is 0 Å². The molecule has 0 atom stereocenters. The molecule has 0 unspecified atom stereocenters. The summed E-state index contributed by atoms with van der Waals surface area (Å²) in [4.78, 5) is 11.3. The van der Waals surface area contributed by atoms with Crippen molar-refractivity contribution in [1.29, 1.82) is 0 Å². The van der Waals surface area contributed by atoms with Crippen LogP contribution in [0.4, 0.5) is 0 Å². The van der Waals surface area contributed by atoms with Gasteiger partial charge in [-0.25, -0.2) is 0 Å². The van der Waals surface area contributed by atoms with E-state index in [-0.39, 0.29) is 0 Å². The number of benzene rings is 1. The van der Waals surface area contributed by atoms with E-state index in [0.717, 1.165) is 17.6 Å². The van der Waals surface area contributed by atoms with Crippen LogP contribution in [-0.2, 0) is 11.8 Å². The van der Waals surface area contributed by atoms with Crippen LogP contribution >= 0.6 is 0 Å². The molecule has 0 aliphatic rings. The van der Waals surface area contributed by atoms with E-state index >= 15 is 0 Å². The van der Waals surface area contributed by atoms with Gasteiger partial charge in [-0.05, 0) is 24.3 Å². The Morgan fingerprint density at radius 2 is 2.00 bits per heavy atom. The van der Waals surface area contributed by atoms with Gasteiger partial charge >= 0.3 is 0 Å². The molecule has 0 radical (unpaired) electrons. The molecule has 0 aliphatic carbocycles. The zero-order chi connectivity index (χ0) is 15.4. The van der Waals surface area contributed by atoms with Crippen LogP contribution in [0, 0.1) is 0 Å². The Labute approximate surface area is 123 Å². The van der Waals surface area contributed by atoms with Crippen LogP contribution in [0.2, 0.25) is 0 Å². The molecule has 1 aromatic carbocycles. The topological polar surface area (TPSA) is 59.7 Å². The summed E-state index contributed by atoms with van der Waals surface area (Å²) in [6.45, 7) is 0. The molecule has 110 valence electrons. The number of nitrogens with zero attached hydrogens (tertiary/aromatic N) is 4. The van der Waals surface area contributed by atoms with E-state index in [1.807, 2.05) is 31.3 Å². The summed E-state index contributed by atoms with van der Waals surface area (Å²) in [7, 11) is 6.98. The van der Waals surface area contributed by atoms with Gasteiger partial charge in [0.1, 0.15) is 17.2 Å². The van der Waals surface area contributed by atoms with E-state index in [4.69, 9.17) is 4.74 Å². The van der Waals surface area contributed by atoms with Crippen LogP contribution in [0.1, 0.15) is 5.56 Å². The van der Waals surface area contributed by atoms with Crippen molar-refractivity contribution in [2.45, 2.75) is 0 Å². The summed E-state index contributed by atoms with van der Waals surface area (Å²) in [6, 6.07) is 7.53. The molecule has 0 bridgehead atoms. The Morgan fingerprint density at radius 3 is 2.52 bits per heavy atom. The highest BCUT2D eigenvalue weighted by Gasteiger charge is 2.15. The lowest BCUT2D eigenvalue weighted by atomic mass is 10.1. The van der Waals surface area contributed by atoms with Gasteiger partial charge < -0.3 is 9.75 Å². The smallest absolute Gasteiger partial charge is 0.170 e. The van der Waals surface area contributed by atoms with Crippen LogP contribution in [-0.4, -0.2) is 48.0 Å². The van der Waals surface area contributed by atoms with E-state index in [2.05, 4.69) is 10.2 Å². The van der Waals surface area contributed by atoms with Gasteiger partial charge in [0.25, 0.3) is 0 Å². The fourth-order valence-electron chi connectivity index (χ4n) is 1.99. The highest BCUT2D eigenvalue weighted by atomic mass is 16.5. The predicted molar refractivity (Wildman–Crippen MR) is 81.5 cm³/mol. The maximum absolute atomic E-state index is 11.3. The number of rotatable bonds is 5. The van der Waals surface area contributed by atoms with E-state index in [9.17, 15) is 4.79 Å². The van der Waals surface area contributed by atoms with Gasteiger partial charge in [0.15, 0.2) is 6.29 Å². The first-order valence-electron chi connectivity index (χ1n) is 6.44. The Bertz CT molecular complexity index is 657. The quantitative estimate of drug-likeness (QED) is 0.475. The molecule has 0 amide bonds. The van der Waals surface area contributed by atoms with E-state index in [1.54, 1.807) is 37.1 Å². The van der Waals surface area contributed by atoms with Crippen LogP contribution in [0.25, 0.3) is 11.3 Å². The Morgan fingerprint density at radius 1 is 1.33 bits per heavy atom. The molecular formula is C15H18N4O2. The van der Waals surface area contributed by atoms with Crippen molar-refractivity contribution in [3.8, 4) is 17.0 Å². The zero-order valence-corrected chi connectivity index (χ0v) is 12.6. The summed E-state index contributed by atoms with van der Waals surface area (Å²) >= 11 is 0. The third kappa shape index (κ3) is 3.28. The number of hydrogen-bond acceptors (Lipinski definition) is 5. The molecule has 6 heteroatoms. The van der Waals surface area contributed by atoms with Crippen LogP contribution < -0.4 is 4.74 Å². The normalized spacial score (nSPS) is 11.3. The molecule has 0 fully saturated rings. The standard InChI is InChI=1S/C15H18N4O2/c1-18(2)16-14(10-20)13-9-19(3)17-15(13)11-5-7-12(21-4)8-6-11/h5-10H,1-4H3/b16-14-. The maximum Gasteiger partial charge on any atom is 0.170 e. The van der Waals surface area contributed by atoms with Crippen molar-refractivity contribution >= 4 is 12.0 Å². The molecule has 0 aliphatic heterocycles. The molecule has 2 rings (SSSR count). The minimum atomic E-state index is 0.346. The van der Waals surface area contributed by atoms with Gasteiger partial charge in [-0.15, -0.1) is 0 Å². The number of methoxy groups -OCH3 is 1. The first-order chi connectivity index (χ1) is 10.0. The minimum Gasteiger partial charge on any atom is -0.497 e. The lowest BCUT2D eigenvalue weighted by Gasteiger charge is -2.07. The summed E-state index contributed by atoms with van der Waals surface area (Å²) in [5.74, 6) is 0.772. The minimum absolute atomic E-state index is 0.346. The summed E-state index contributed by atoms with van der Waals surface area (Å²) in [5, 5.41) is 10.2. The lowest BCUT2D eigenvalue weighted by molar-refractivity contribution is -0.102. The fraction of sp³-hybridized carbons (Fsp3) is 0.267. The summed E-state index contributed by atoms with van der Waals surface area (Å²) in [5.41, 5.74) is 2.66. The van der Waals surface area contributed by atoms with Crippen molar-refractivity contribution in [2.75, 3.05) is 21.2 Å². The van der Waals surface area contributed by atoms with Gasteiger partial charge in [0.05, 0.1) is 12.7 Å². The van der Waals surface area contributed by atoms with Crippen molar-refractivity contribution < 1.29 is 9.53 Å². The number of aryl methyl sites for hydroxylation is 1. The third-order valence-corrected chi connectivity index (χ3v) is 2.89.